The minimum absolute atomic E-state index is 0.295. The Morgan fingerprint density at radius 2 is 2.04 bits per heavy atom. The van der Waals surface area contributed by atoms with Crippen LogP contribution in [0.2, 0.25) is 0 Å². The number of para-hydroxylation sites is 1. The van der Waals surface area contributed by atoms with Gasteiger partial charge in [-0.1, -0.05) is 30.3 Å². The van der Waals surface area contributed by atoms with Crippen molar-refractivity contribution in [3.05, 3.63) is 60.0 Å². The maximum Gasteiger partial charge on any atom is 0.226 e. The van der Waals surface area contributed by atoms with Gasteiger partial charge in [-0.05, 0) is 18.6 Å². The Kier molecular flexibility index (Phi) is 4.97. The molecule has 0 saturated heterocycles. The third-order valence-corrected chi connectivity index (χ3v) is 4.48. The highest BCUT2D eigenvalue weighted by Crippen LogP contribution is 2.11. The van der Waals surface area contributed by atoms with Gasteiger partial charge in [-0.15, -0.1) is 0 Å². The molecule has 0 N–H and O–H groups in total. The van der Waals surface area contributed by atoms with Crippen molar-refractivity contribution in [1.82, 2.24) is 19.9 Å². The predicted molar refractivity (Wildman–Crippen MR) is 87.4 cm³/mol. The Balaban J connectivity index is 1.60. The van der Waals surface area contributed by atoms with Crippen LogP contribution < -0.4 is 0 Å². The van der Waals surface area contributed by atoms with Gasteiger partial charge >= 0.3 is 0 Å². The van der Waals surface area contributed by atoms with E-state index in [2.05, 4.69) is 15.2 Å². The summed E-state index contributed by atoms with van der Waals surface area (Å²) in [6.45, 7) is 2.05. The fourth-order valence-corrected chi connectivity index (χ4v) is 3.23. The molecule has 2 aromatic heterocycles. The van der Waals surface area contributed by atoms with Gasteiger partial charge in [-0.2, -0.15) is 10.1 Å². The quantitative estimate of drug-likeness (QED) is 0.666. The van der Waals surface area contributed by atoms with Crippen LogP contribution in [0.4, 0.5) is 0 Å². The molecule has 1 unspecified atom stereocenters. The van der Waals surface area contributed by atoms with E-state index in [-0.39, 0.29) is 0 Å². The molecule has 120 valence electrons. The predicted octanol–water partition coefficient (Wildman–Crippen LogP) is 2.66. The van der Waals surface area contributed by atoms with Crippen molar-refractivity contribution in [1.29, 1.82) is 0 Å². The van der Waals surface area contributed by atoms with Crippen molar-refractivity contribution in [3.63, 3.8) is 0 Å². The molecule has 0 amide bonds. The fourth-order valence-electron chi connectivity index (χ4n) is 2.20. The van der Waals surface area contributed by atoms with Crippen molar-refractivity contribution in [2.24, 2.45) is 0 Å². The SMILES string of the molecule is CCCc1nc(CS(=O)Cc2cnn(-c3ccccc3)c2)no1. The maximum absolute atomic E-state index is 12.2. The Morgan fingerprint density at radius 1 is 1.22 bits per heavy atom. The van der Waals surface area contributed by atoms with E-state index in [1.165, 1.54) is 0 Å². The Morgan fingerprint density at radius 3 is 2.83 bits per heavy atom. The molecule has 0 fully saturated rings. The van der Waals surface area contributed by atoms with E-state index in [1.54, 1.807) is 10.9 Å². The summed E-state index contributed by atoms with van der Waals surface area (Å²) in [4.78, 5) is 4.24. The molecule has 7 heteroatoms. The van der Waals surface area contributed by atoms with Crippen LogP contribution in [0.15, 0.2) is 47.2 Å². The van der Waals surface area contributed by atoms with Gasteiger partial charge in [0.1, 0.15) is 0 Å². The third-order valence-electron chi connectivity index (χ3n) is 3.25. The number of benzene rings is 1. The van der Waals surface area contributed by atoms with Crippen molar-refractivity contribution < 1.29 is 8.73 Å². The van der Waals surface area contributed by atoms with Crippen LogP contribution in [0.5, 0.6) is 0 Å². The topological polar surface area (TPSA) is 73.8 Å². The molecule has 0 spiro atoms. The van der Waals surface area contributed by atoms with Gasteiger partial charge in [-0.3, -0.25) is 4.21 Å². The second-order valence-electron chi connectivity index (χ2n) is 5.21. The second kappa shape index (κ2) is 7.32. The van der Waals surface area contributed by atoms with Crippen molar-refractivity contribution >= 4 is 10.8 Å². The molecule has 0 saturated carbocycles. The lowest BCUT2D eigenvalue weighted by molar-refractivity contribution is 0.373. The lowest BCUT2D eigenvalue weighted by atomic mass is 10.3. The number of hydrogen-bond acceptors (Lipinski definition) is 5. The smallest absolute Gasteiger partial charge is 0.226 e. The van der Waals surface area contributed by atoms with Crippen LogP contribution in [-0.2, 0) is 28.7 Å². The molecule has 3 rings (SSSR count). The summed E-state index contributed by atoms with van der Waals surface area (Å²) in [6, 6.07) is 9.82. The lowest BCUT2D eigenvalue weighted by Crippen LogP contribution is -2.01. The highest BCUT2D eigenvalue weighted by Gasteiger charge is 2.11. The van der Waals surface area contributed by atoms with Gasteiger partial charge in [0.2, 0.25) is 5.89 Å². The Hall–Kier alpha value is -2.28. The van der Waals surface area contributed by atoms with Gasteiger partial charge in [0, 0.05) is 29.0 Å². The molecular weight excluding hydrogens is 312 g/mol. The van der Waals surface area contributed by atoms with Gasteiger partial charge < -0.3 is 4.52 Å². The lowest BCUT2D eigenvalue weighted by Gasteiger charge is -1.99. The summed E-state index contributed by atoms with van der Waals surface area (Å²) in [5.74, 6) is 1.83. The molecule has 3 aromatic rings. The Labute approximate surface area is 137 Å². The first-order valence-corrected chi connectivity index (χ1v) is 8.99. The second-order valence-corrected chi connectivity index (χ2v) is 6.67. The summed E-state index contributed by atoms with van der Waals surface area (Å²) < 4.78 is 19.1. The molecule has 23 heavy (non-hydrogen) atoms. The molecule has 0 aliphatic carbocycles. The Bertz CT molecular complexity index is 782. The molecule has 0 radical (unpaired) electrons. The van der Waals surface area contributed by atoms with E-state index in [1.807, 2.05) is 43.5 Å². The number of nitrogens with zero attached hydrogens (tertiary/aromatic N) is 4. The van der Waals surface area contributed by atoms with Crippen LogP contribution in [0.25, 0.3) is 5.69 Å². The molecular formula is C16H18N4O2S. The number of aryl methyl sites for hydroxylation is 1. The zero-order valence-electron chi connectivity index (χ0n) is 12.9. The largest absolute Gasteiger partial charge is 0.339 e. The summed E-state index contributed by atoms with van der Waals surface area (Å²) in [6.07, 6.45) is 5.34. The van der Waals surface area contributed by atoms with E-state index < -0.39 is 10.8 Å². The number of aromatic nitrogens is 4. The first kappa shape index (κ1) is 15.6. The molecule has 1 aromatic carbocycles. The van der Waals surface area contributed by atoms with Crippen LogP contribution in [0.1, 0.15) is 30.6 Å². The first-order chi connectivity index (χ1) is 11.2. The average molecular weight is 330 g/mol. The van der Waals surface area contributed by atoms with Crippen molar-refractivity contribution in [3.8, 4) is 5.69 Å². The van der Waals surface area contributed by atoms with E-state index in [4.69, 9.17) is 4.52 Å². The zero-order chi connectivity index (χ0) is 16.1. The van der Waals surface area contributed by atoms with Gasteiger partial charge in [0.25, 0.3) is 0 Å². The van der Waals surface area contributed by atoms with E-state index >= 15 is 0 Å². The standard InChI is InChI=1S/C16H18N4O2S/c1-2-6-16-18-15(19-22-16)12-23(21)11-13-9-17-20(10-13)14-7-4-3-5-8-14/h3-5,7-10H,2,6,11-12H2,1H3. The van der Waals surface area contributed by atoms with Crippen LogP contribution >= 0.6 is 0 Å². The monoisotopic (exact) mass is 330 g/mol. The van der Waals surface area contributed by atoms with Gasteiger partial charge in [0.05, 0.1) is 23.4 Å². The summed E-state index contributed by atoms with van der Waals surface area (Å²) >= 11 is 0. The highest BCUT2D eigenvalue weighted by molar-refractivity contribution is 7.83. The third kappa shape index (κ3) is 4.13. The summed E-state index contributed by atoms with van der Waals surface area (Å²) in [5.41, 5.74) is 1.90. The average Bonchev–Trinajstić information content (AvgIpc) is 3.18. The summed E-state index contributed by atoms with van der Waals surface area (Å²) in [5, 5.41) is 8.18. The van der Waals surface area contributed by atoms with Crippen LogP contribution in [-0.4, -0.2) is 24.1 Å². The number of rotatable bonds is 7. The van der Waals surface area contributed by atoms with Crippen LogP contribution in [0.3, 0.4) is 0 Å². The molecule has 0 aliphatic heterocycles. The minimum atomic E-state index is -1.09. The van der Waals surface area contributed by atoms with Crippen molar-refractivity contribution in [2.75, 3.05) is 0 Å². The molecule has 0 aliphatic rings. The van der Waals surface area contributed by atoms with E-state index in [0.29, 0.717) is 23.2 Å². The van der Waals surface area contributed by atoms with Crippen molar-refractivity contribution in [2.45, 2.75) is 31.3 Å². The normalized spacial score (nSPS) is 12.4. The number of hydrogen-bond donors (Lipinski definition) is 0. The molecule has 1 atom stereocenters. The maximum atomic E-state index is 12.2. The molecule has 6 nitrogen and oxygen atoms in total. The van der Waals surface area contributed by atoms with Crippen LogP contribution in [0, 0.1) is 0 Å². The highest BCUT2D eigenvalue weighted by atomic mass is 32.2. The molecule has 2 heterocycles. The van der Waals surface area contributed by atoms with E-state index in [0.717, 1.165) is 24.1 Å². The molecule has 0 bridgehead atoms. The first-order valence-electron chi connectivity index (χ1n) is 7.50. The fraction of sp³-hybridized carbons (Fsp3) is 0.312. The van der Waals surface area contributed by atoms with Gasteiger partial charge in [0.15, 0.2) is 5.82 Å². The zero-order valence-corrected chi connectivity index (χ0v) is 13.7. The van der Waals surface area contributed by atoms with E-state index in [9.17, 15) is 4.21 Å². The minimum Gasteiger partial charge on any atom is -0.339 e. The van der Waals surface area contributed by atoms with Gasteiger partial charge in [-0.25, -0.2) is 4.68 Å². The summed E-state index contributed by atoms with van der Waals surface area (Å²) in [7, 11) is -1.09.